The fourth-order valence-corrected chi connectivity index (χ4v) is 3.54. The lowest BCUT2D eigenvalue weighted by Crippen LogP contribution is -2.33. The Balaban J connectivity index is 1.70. The number of anilines is 1. The Morgan fingerprint density at radius 3 is 2.56 bits per heavy atom. The molecule has 6 heteroatoms. The zero-order chi connectivity index (χ0) is 19.4. The molecule has 0 unspecified atom stereocenters. The molecule has 0 aromatic heterocycles. The van der Waals surface area contributed by atoms with E-state index >= 15 is 0 Å². The van der Waals surface area contributed by atoms with Gasteiger partial charge in [-0.2, -0.15) is 0 Å². The van der Waals surface area contributed by atoms with Crippen LogP contribution in [0.5, 0.6) is 5.75 Å². The summed E-state index contributed by atoms with van der Waals surface area (Å²) >= 11 is 0.961. The average molecular weight is 382 g/mol. The van der Waals surface area contributed by atoms with Crippen LogP contribution < -0.4 is 10.1 Å². The van der Waals surface area contributed by atoms with Crippen LogP contribution in [0.3, 0.4) is 0 Å². The molecular weight excluding hydrogens is 360 g/mol. The maximum atomic E-state index is 12.6. The molecule has 1 N–H and O–H groups in total. The maximum absolute atomic E-state index is 12.6. The minimum absolute atomic E-state index is 0.148. The van der Waals surface area contributed by atoms with Crippen molar-refractivity contribution in [3.8, 4) is 5.75 Å². The van der Waals surface area contributed by atoms with Crippen LogP contribution in [-0.2, 0) is 4.79 Å². The van der Waals surface area contributed by atoms with Gasteiger partial charge in [0.15, 0.2) is 0 Å². The average Bonchev–Trinajstić information content (AvgIpc) is 2.91. The number of carbonyl (C=O) groups is 2. The SMILES string of the molecule is CCOc1ccc(/C=C2/SC(=O)N(CNc3cc(C)ccc3C)C2=O)cc1. The van der Waals surface area contributed by atoms with Crippen LogP contribution >= 0.6 is 11.8 Å². The number of imide groups is 1. The molecule has 2 aromatic carbocycles. The molecular formula is C21H22N2O3S. The maximum Gasteiger partial charge on any atom is 0.295 e. The topological polar surface area (TPSA) is 58.6 Å². The molecule has 3 rings (SSSR count). The third-order valence-electron chi connectivity index (χ3n) is 4.18. The summed E-state index contributed by atoms with van der Waals surface area (Å²) in [5, 5.41) is 2.92. The van der Waals surface area contributed by atoms with Gasteiger partial charge in [-0.25, -0.2) is 0 Å². The zero-order valence-electron chi connectivity index (χ0n) is 15.6. The van der Waals surface area contributed by atoms with Gasteiger partial charge in [0, 0.05) is 5.69 Å². The minimum atomic E-state index is -0.281. The molecule has 1 saturated heterocycles. The summed E-state index contributed by atoms with van der Waals surface area (Å²) in [5.41, 5.74) is 3.96. The first-order chi connectivity index (χ1) is 13.0. The van der Waals surface area contributed by atoms with Crippen molar-refractivity contribution < 1.29 is 14.3 Å². The summed E-state index contributed by atoms with van der Waals surface area (Å²) in [7, 11) is 0. The van der Waals surface area contributed by atoms with E-state index in [1.165, 1.54) is 4.90 Å². The third-order valence-corrected chi connectivity index (χ3v) is 5.09. The highest BCUT2D eigenvalue weighted by molar-refractivity contribution is 8.18. The van der Waals surface area contributed by atoms with E-state index in [2.05, 4.69) is 5.32 Å². The van der Waals surface area contributed by atoms with Crippen LogP contribution in [0, 0.1) is 13.8 Å². The Labute approximate surface area is 163 Å². The Morgan fingerprint density at radius 2 is 1.85 bits per heavy atom. The van der Waals surface area contributed by atoms with E-state index in [1.54, 1.807) is 6.08 Å². The number of aryl methyl sites for hydroxylation is 2. The monoisotopic (exact) mass is 382 g/mol. The van der Waals surface area contributed by atoms with Gasteiger partial charge in [-0.05, 0) is 73.5 Å². The van der Waals surface area contributed by atoms with Gasteiger partial charge < -0.3 is 10.1 Å². The Kier molecular flexibility index (Phi) is 5.86. The second-order valence-electron chi connectivity index (χ2n) is 6.27. The highest BCUT2D eigenvalue weighted by atomic mass is 32.2. The molecule has 1 heterocycles. The fourth-order valence-electron chi connectivity index (χ4n) is 2.71. The Bertz CT molecular complexity index is 891. The molecule has 0 saturated carbocycles. The number of nitrogens with one attached hydrogen (secondary N) is 1. The molecule has 2 aromatic rings. The molecule has 0 spiro atoms. The number of thioether (sulfide) groups is 1. The van der Waals surface area contributed by atoms with Gasteiger partial charge in [0.2, 0.25) is 0 Å². The van der Waals surface area contributed by atoms with E-state index in [4.69, 9.17) is 4.74 Å². The van der Waals surface area contributed by atoms with E-state index < -0.39 is 0 Å². The highest BCUT2D eigenvalue weighted by Crippen LogP contribution is 2.32. The molecule has 2 amide bonds. The molecule has 27 heavy (non-hydrogen) atoms. The highest BCUT2D eigenvalue weighted by Gasteiger charge is 2.34. The Hall–Kier alpha value is -2.73. The van der Waals surface area contributed by atoms with Crippen LogP contribution in [0.25, 0.3) is 6.08 Å². The lowest BCUT2D eigenvalue weighted by molar-refractivity contribution is -0.122. The number of nitrogens with zero attached hydrogens (tertiary/aromatic N) is 1. The summed E-state index contributed by atoms with van der Waals surface area (Å²) in [6, 6.07) is 13.5. The van der Waals surface area contributed by atoms with Crippen molar-refractivity contribution in [2.45, 2.75) is 20.8 Å². The van der Waals surface area contributed by atoms with Crippen LogP contribution in [-0.4, -0.2) is 29.3 Å². The van der Waals surface area contributed by atoms with Crippen LogP contribution in [0.1, 0.15) is 23.6 Å². The molecule has 0 bridgehead atoms. The second-order valence-corrected chi connectivity index (χ2v) is 7.26. The largest absolute Gasteiger partial charge is 0.494 e. The van der Waals surface area contributed by atoms with Gasteiger partial charge in [-0.3, -0.25) is 14.5 Å². The second kappa shape index (κ2) is 8.31. The quantitative estimate of drug-likeness (QED) is 0.727. The van der Waals surface area contributed by atoms with Crippen molar-refractivity contribution in [3.05, 3.63) is 64.1 Å². The number of hydrogen-bond acceptors (Lipinski definition) is 5. The van der Waals surface area contributed by atoms with Crippen LogP contribution in [0.15, 0.2) is 47.4 Å². The van der Waals surface area contributed by atoms with Gasteiger partial charge >= 0.3 is 0 Å². The van der Waals surface area contributed by atoms with E-state index in [-0.39, 0.29) is 17.8 Å². The lowest BCUT2D eigenvalue weighted by atomic mass is 10.1. The van der Waals surface area contributed by atoms with Gasteiger partial charge in [-0.15, -0.1) is 0 Å². The lowest BCUT2D eigenvalue weighted by Gasteiger charge is -2.16. The molecule has 1 aliphatic heterocycles. The van der Waals surface area contributed by atoms with Gasteiger partial charge in [0.25, 0.3) is 11.1 Å². The van der Waals surface area contributed by atoms with Crippen molar-refractivity contribution in [1.82, 2.24) is 4.90 Å². The molecule has 0 radical (unpaired) electrons. The van der Waals surface area contributed by atoms with E-state index in [1.807, 2.05) is 63.2 Å². The minimum Gasteiger partial charge on any atom is -0.494 e. The van der Waals surface area contributed by atoms with Crippen molar-refractivity contribution in [2.75, 3.05) is 18.6 Å². The first-order valence-corrected chi connectivity index (χ1v) is 9.59. The Morgan fingerprint density at radius 1 is 1.11 bits per heavy atom. The van der Waals surface area contributed by atoms with Crippen LogP contribution in [0.4, 0.5) is 10.5 Å². The van der Waals surface area contributed by atoms with Crippen molar-refractivity contribution in [2.24, 2.45) is 0 Å². The third kappa shape index (κ3) is 4.52. The van der Waals surface area contributed by atoms with Gasteiger partial charge in [-0.1, -0.05) is 24.3 Å². The molecule has 1 aliphatic rings. The number of hydrogen-bond donors (Lipinski definition) is 1. The number of amides is 2. The molecule has 5 nitrogen and oxygen atoms in total. The smallest absolute Gasteiger partial charge is 0.295 e. The number of rotatable bonds is 6. The van der Waals surface area contributed by atoms with Crippen molar-refractivity contribution in [1.29, 1.82) is 0 Å². The van der Waals surface area contributed by atoms with E-state index in [0.29, 0.717) is 11.5 Å². The summed E-state index contributed by atoms with van der Waals surface area (Å²) in [6.45, 7) is 6.67. The van der Waals surface area contributed by atoms with Crippen molar-refractivity contribution >= 4 is 34.7 Å². The summed E-state index contributed by atoms with van der Waals surface area (Å²) in [5.74, 6) is 0.497. The normalized spacial score (nSPS) is 15.5. The molecule has 0 aliphatic carbocycles. The number of benzene rings is 2. The van der Waals surface area contributed by atoms with E-state index in [0.717, 1.165) is 39.9 Å². The molecule has 1 fully saturated rings. The zero-order valence-corrected chi connectivity index (χ0v) is 16.4. The van der Waals surface area contributed by atoms with Crippen LogP contribution in [0.2, 0.25) is 0 Å². The summed E-state index contributed by atoms with van der Waals surface area (Å²) in [6.07, 6.45) is 1.73. The first-order valence-electron chi connectivity index (χ1n) is 8.77. The summed E-state index contributed by atoms with van der Waals surface area (Å²) in [4.78, 5) is 26.5. The number of ether oxygens (including phenoxy) is 1. The standard InChI is InChI=1S/C21H22N2O3S/c1-4-26-17-9-7-16(8-10-17)12-19-20(24)23(21(25)27-19)13-22-18-11-14(2)5-6-15(18)3/h5-12,22H,4,13H2,1-3H3/b19-12+. The van der Waals surface area contributed by atoms with Gasteiger partial charge in [0.1, 0.15) is 5.75 Å². The van der Waals surface area contributed by atoms with Gasteiger partial charge in [0.05, 0.1) is 18.2 Å². The first kappa shape index (κ1) is 19.0. The fraction of sp³-hybridized carbons (Fsp3) is 0.238. The van der Waals surface area contributed by atoms with Crippen molar-refractivity contribution in [3.63, 3.8) is 0 Å². The predicted molar refractivity (Wildman–Crippen MR) is 110 cm³/mol. The predicted octanol–water partition coefficient (Wildman–Crippen LogP) is 4.81. The van der Waals surface area contributed by atoms with E-state index in [9.17, 15) is 9.59 Å². The summed E-state index contributed by atoms with van der Waals surface area (Å²) < 4.78 is 5.41. The molecule has 140 valence electrons. The number of carbonyl (C=O) groups excluding carboxylic acids is 2. The molecule has 0 atom stereocenters.